The van der Waals surface area contributed by atoms with Gasteiger partial charge < -0.3 is 14.8 Å². The molecule has 1 heterocycles. The van der Waals surface area contributed by atoms with Crippen molar-refractivity contribution < 1.29 is 9.52 Å². The minimum absolute atomic E-state index is 0.0784. The van der Waals surface area contributed by atoms with Crippen molar-refractivity contribution in [1.29, 1.82) is 0 Å². The van der Waals surface area contributed by atoms with Crippen molar-refractivity contribution in [3.05, 3.63) is 82.0 Å². The minimum Gasteiger partial charge on any atom is -0.460 e. The van der Waals surface area contributed by atoms with E-state index < -0.39 is 6.10 Å². The van der Waals surface area contributed by atoms with Crippen molar-refractivity contribution in [1.82, 2.24) is 5.32 Å². The Balaban J connectivity index is 1.64. The molecule has 0 saturated heterocycles. The fourth-order valence-electron chi connectivity index (χ4n) is 2.83. The van der Waals surface area contributed by atoms with Crippen LogP contribution in [0.4, 0.5) is 0 Å². The zero-order valence-electron chi connectivity index (χ0n) is 14.4. The van der Waals surface area contributed by atoms with Crippen LogP contribution in [-0.4, -0.2) is 11.1 Å². The van der Waals surface area contributed by atoms with E-state index in [1.54, 1.807) is 0 Å². The van der Waals surface area contributed by atoms with Crippen LogP contribution in [0.1, 0.15) is 29.9 Å². The van der Waals surface area contributed by atoms with E-state index >= 15 is 0 Å². The maximum absolute atomic E-state index is 10.4. The summed E-state index contributed by atoms with van der Waals surface area (Å²) >= 11 is 3.48. The van der Waals surface area contributed by atoms with Gasteiger partial charge in [-0.2, -0.15) is 0 Å². The van der Waals surface area contributed by atoms with Gasteiger partial charge in [-0.05, 0) is 55.3 Å². The molecule has 0 fully saturated rings. The van der Waals surface area contributed by atoms with Gasteiger partial charge in [0.15, 0.2) is 0 Å². The molecule has 0 aliphatic heterocycles. The molecule has 3 rings (SSSR count). The van der Waals surface area contributed by atoms with Crippen LogP contribution in [0.3, 0.4) is 0 Å². The summed E-state index contributed by atoms with van der Waals surface area (Å²) in [6.07, 6.45) is -0.552. The average Bonchev–Trinajstić information content (AvgIpc) is 3.08. The fraction of sp³-hybridized carbons (Fsp3) is 0.238. The average molecular weight is 400 g/mol. The van der Waals surface area contributed by atoms with Crippen molar-refractivity contribution in [3.8, 4) is 11.3 Å². The molecule has 2 aromatic carbocycles. The summed E-state index contributed by atoms with van der Waals surface area (Å²) in [4.78, 5) is 0. The lowest BCUT2D eigenvalue weighted by molar-refractivity contribution is 0.134. The first-order valence-corrected chi connectivity index (χ1v) is 9.15. The highest BCUT2D eigenvalue weighted by Gasteiger charge is 2.16. The monoisotopic (exact) mass is 399 g/mol. The van der Waals surface area contributed by atoms with Crippen LogP contribution in [0.2, 0.25) is 0 Å². The molecule has 2 atom stereocenters. The van der Waals surface area contributed by atoms with E-state index in [2.05, 4.69) is 40.3 Å². The number of aliphatic hydroxyl groups excluding tert-OH is 1. The molecular formula is C21H22BrNO2. The SMILES string of the molecule is Cc1cc(Br)ccc1-c1ccc(CNC(C)C(O)c2ccccc2)o1. The normalized spacial score (nSPS) is 13.6. The van der Waals surface area contributed by atoms with Crippen molar-refractivity contribution in [3.63, 3.8) is 0 Å². The first-order chi connectivity index (χ1) is 12.0. The van der Waals surface area contributed by atoms with E-state index in [0.717, 1.165) is 32.7 Å². The molecular weight excluding hydrogens is 378 g/mol. The molecule has 1 aromatic heterocycles. The summed E-state index contributed by atoms with van der Waals surface area (Å²) in [5.74, 6) is 1.71. The summed E-state index contributed by atoms with van der Waals surface area (Å²) in [5, 5.41) is 13.7. The number of furan rings is 1. The first-order valence-electron chi connectivity index (χ1n) is 8.36. The number of aryl methyl sites for hydroxylation is 1. The lowest BCUT2D eigenvalue weighted by Crippen LogP contribution is -2.31. The van der Waals surface area contributed by atoms with E-state index in [-0.39, 0.29) is 6.04 Å². The standard InChI is InChI=1S/C21H22BrNO2/c1-14-12-17(22)8-10-19(14)20-11-9-18(25-20)13-23-15(2)21(24)16-6-4-3-5-7-16/h3-12,15,21,23-24H,13H2,1-2H3. The molecule has 3 aromatic rings. The topological polar surface area (TPSA) is 45.4 Å². The third-order valence-electron chi connectivity index (χ3n) is 4.33. The summed E-state index contributed by atoms with van der Waals surface area (Å²) in [5.41, 5.74) is 3.16. The van der Waals surface area contributed by atoms with Crippen molar-refractivity contribution in [2.45, 2.75) is 32.5 Å². The smallest absolute Gasteiger partial charge is 0.134 e. The lowest BCUT2D eigenvalue weighted by Gasteiger charge is -2.20. The van der Waals surface area contributed by atoms with Gasteiger partial charge in [0.25, 0.3) is 0 Å². The molecule has 0 saturated carbocycles. The highest BCUT2D eigenvalue weighted by atomic mass is 79.9. The van der Waals surface area contributed by atoms with Gasteiger partial charge in [0, 0.05) is 16.1 Å². The van der Waals surface area contributed by atoms with E-state index in [1.807, 2.05) is 55.5 Å². The van der Waals surface area contributed by atoms with Gasteiger partial charge in [0.2, 0.25) is 0 Å². The summed E-state index contributed by atoms with van der Waals surface area (Å²) in [6.45, 7) is 4.61. The zero-order chi connectivity index (χ0) is 17.8. The summed E-state index contributed by atoms with van der Waals surface area (Å²) in [6, 6.07) is 19.7. The van der Waals surface area contributed by atoms with Crippen LogP contribution in [0.25, 0.3) is 11.3 Å². The largest absolute Gasteiger partial charge is 0.460 e. The molecule has 25 heavy (non-hydrogen) atoms. The first kappa shape index (κ1) is 17.9. The summed E-state index contributed by atoms with van der Waals surface area (Å²) < 4.78 is 7.03. The molecule has 0 aliphatic rings. The van der Waals surface area contributed by atoms with Gasteiger partial charge in [-0.25, -0.2) is 0 Å². The quantitative estimate of drug-likeness (QED) is 0.596. The molecule has 2 unspecified atom stereocenters. The molecule has 4 heteroatoms. The second kappa shape index (κ2) is 8.00. The highest BCUT2D eigenvalue weighted by molar-refractivity contribution is 9.10. The second-order valence-electron chi connectivity index (χ2n) is 6.25. The molecule has 2 N–H and O–H groups in total. The number of halogens is 1. The Morgan fingerprint density at radius 3 is 2.56 bits per heavy atom. The van der Waals surface area contributed by atoms with Gasteiger partial charge >= 0.3 is 0 Å². The third kappa shape index (κ3) is 4.40. The number of hydrogen-bond donors (Lipinski definition) is 2. The molecule has 0 spiro atoms. The molecule has 130 valence electrons. The number of nitrogens with one attached hydrogen (secondary N) is 1. The van der Waals surface area contributed by atoms with Gasteiger partial charge in [-0.15, -0.1) is 0 Å². The van der Waals surface area contributed by atoms with E-state index in [9.17, 15) is 5.11 Å². The summed E-state index contributed by atoms with van der Waals surface area (Å²) in [7, 11) is 0. The Morgan fingerprint density at radius 1 is 1.08 bits per heavy atom. The van der Waals surface area contributed by atoms with Gasteiger partial charge in [0.1, 0.15) is 11.5 Å². The highest BCUT2D eigenvalue weighted by Crippen LogP contribution is 2.28. The van der Waals surface area contributed by atoms with Gasteiger partial charge in [-0.1, -0.05) is 46.3 Å². The minimum atomic E-state index is -0.552. The molecule has 3 nitrogen and oxygen atoms in total. The van der Waals surface area contributed by atoms with Crippen LogP contribution < -0.4 is 5.32 Å². The third-order valence-corrected chi connectivity index (χ3v) is 4.82. The Morgan fingerprint density at radius 2 is 1.84 bits per heavy atom. The maximum Gasteiger partial charge on any atom is 0.134 e. The Labute approximate surface area is 156 Å². The Bertz CT molecular complexity index is 829. The van der Waals surface area contributed by atoms with E-state index in [0.29, 0.717) is 6.54 Å². The van der Waals surface area contributed by atoms with Crippen LogP contribution in [0, 0.1) is 6.92 Å². The Kier molecular flexibility index (Phi) is 5.74. The number of benzene rings is 2. The van der Waals surface area contributed by atoms with Crippen LogP contribution in [0.15, 0.2) is 69.6 Å². The van der Waals surface area contributed by atoms with Crippen LogP contribution in [-0.2, 0) is 6.54 Å². The van der Waals surface area contributed by atoms with E-state index in [1.165, 1.54) is 0 Å². The van der Waals surface area contributed by atoms with Gasteiger partial charge in [-0.3, -0.25) is 0 Å². The number of aliphatic hydroxyl groups is 1. The second-order valence-corrected chi connectivity index (χ2v) is 7.17. The van der Waals surface area contributed by atoms with Crippen molar-refractivity contribution in [2.75, 3.05) is 0 Å². The number of hydrogen-bond acceptors (Lipinski definition) is 3. The molecule has 0 radical (unpaired) electrons. The molecule has 0 bridgehead atoms. The van der Waals surface area contributed by atoms with Crippen molar-refractivity contribution in [2.24, 2.45) is 0 Å². The van der Waals surface area contributed by atoms with E-state index in [4.69, 9.17) is 4.42 Å². The maximum atomic E-state index is 10.4. The molecule has 0 amide bonds. The van der Waals surface area contributed by atoms with Gasteiger partial charge in [0.05, 0.1) is 12.6 Å². The zero-order valence-corrected chi connectivity index (χ0v) is 16.0. The predicted octanol–water partition coefficient (Wildman–Crippen LogP) is 5.23. The lowest BCUT2D eigenvalue weighted by atomic mass is 10.0. The fourth-order valence-corrected chi connectivity index (χ4v) is 3.31. The van der Waals surface area contributed by atoms with Crippen molar-refractivity contribution >= 4 is 15.9 Å². The molecule has 0 aliphatic carbocycles. The predicted molar refractivity (Wildman–Crippen MR) is 104 cm³/mol. The number of rotatable bonds is 6. The van der Waals surface area contributed by atoms with Crippen LogP contribution >= 0.6 is 15.9 Å². The van der Waals surface area contributed by atoms with Crippen LogP contribution in [0.5, 0.6) is 0 Å². The Hall–Kier alpha value is -1.88.